The van der Waals surface area contributed by atoms with E-state index in [9.17, 15) is 13.2 Å². The van der Waals surface area contributed by atoms with E-state index in [2.05, 4.69) is 20.7 Å². The van der Waals surface area contributed by atoms with Crippen LogP contribution in [0.25, 0.3) is 10.8 Å². The third-order valence-corrected chi connectivity index (χ3v) is 6.76. The van der Waals surface area contributed by atoms with Crippen LogP contribution in [0.2, 0.25) is 0 Å². The fourth-order valence-corrected chi connectivity index (χ4v) is 5.17. The van der Waals surface area contributed by atoms with Crippen molar-refractivity contribution in [1.29, 1.82) is 0 Å². The van der Waals surface area contributed by atoms with E-state index in [0.29, 0.717) is 26.9 Å². The van der Waals surface area contributed by atoms with Gasteiger partial charge in [-0.3, -0.25) is 4.79 Å². The van der Waals surface area contributed by atoms with Crippen LogP contribution >= 0.6 is 15.9 Å². The van der Waals surface area contributed by atoms with Gasteiger partial charge in [0.05, 0.1) is 12.0 Å². The average molecular weight is 462 g/mol. The third kappa shape index (κ3) is 3.12. The molecule has 6 nitrogen and oxygen atoms in total. The van der Waals surface area contributed by atoms with Crippen molar-refractivity contribution in [3.8, 4) is 11.5 Å². The number of benzene rings is 3. The highest BCUT2D eigenvalue weighted by molar-refractivity contribution is 9.10. The van der Waals surface area contributed by atoms with Crippen molar-refractivity contribution < 1.29 is 22.7 Å². The zero-order chi connectivity index (χ0) is 19.9. The lowest BCUT2D eigenvalue weighted by Crippen LogP contribution is -2.35. The van der Waals surface area contributed by atoms with E-state index in [1.807, 2.05) is 18.2 Å². The highest BCUT2D eigenvalue weighted by atomic mass is 79.9. The summed E-state index contributed by atoms with van der Waals surface area (Å²) in [4.78, 5) is 12.9. The zero-order valence-electron chi connectivity index (χ0n) is 14.8. The van der Waals surface area contributed by atoms with Gasteiger partial charge >= 0.3 is 0 Å². The summed E-state index contributed by atoms with van der Waals surface area (Å²) in [6, 6.07) is 15.5. The summed E-state index contributed by atoms with van der Waals surface area (Å²) < 4.78 is 39.6. The van der Waals surface area contributed by atoms with Crippen molar-refractivity contribution in [1.82, 2.24) is 4.72 Å². The number of carbonyl (C=O) groups is 1. The van der Waals surface area contributed by atoms with Gasteiger partial charge in [-0.1, -0.05) is 52.3 Å². The molecule has 3 aromatic carbocycles. The predicted octanol–water partition coefficient (Wildman–Crippen LogP) is 3.59. The number of amides is 1. The van der Waals surface area contributed by atoms with Crippen molar-refractivity contribution in [2.45, 2.75) is 10.8 Å². The van der Waals surface area contributed by atoms with Gasteiger partial charge in [-0.2, -0.15) is 0 Å². The Morgan fingerprint density at radius 3 is 2.68 bits per heavy atom. The number of sulfonamides is 1. The Balaban J connectivity index is 1.69. The first-order valence-corrected chi connectivity index (χ1v) is 10.7. The lowest BCUT2D eigenvalue weighted by Gasteiger charge is -2.13. The first kappa shape index (κ1) is 18.8. The summed E-state index contributed by atoms with van der Waals surface area (Å²) in [5.41, 5.74) is 0.574. The molecule has 0 aromatic heterocycles. The van der Waals surface area contributed by atoms with E-state index in [1.165, 1.54) is 13.2 Å². The molecule has 0 saturated heterocycles. The Kier molecular flexibility index (Phi) is 4.76. The van der Waals surface area contributed by atoms with Crippen molar-refractivity contribution in [2.24, 2.45) is 0 Å². The molecule has 144 valence electrons. The van der Waals surface area contributed by atoms with E-state index in [0.717, 1.165) is 5.39 Å². The maximum atomic E-state index is 12.9. The monoisotopic (exact) mass is 461 g/mol. The van der Waals surface area contributed by atoms with Crippen LogP contribution in [0.5, 0.6) is 11.5 Å². The van der Waals surface area contributed by atoms with Crippen molar-refractivity contribution in [3.05, 3.63) is 64.6 Å². The summed E-state index contributed by atoms with van der Waals surface area (Å²) in [5.74, 6) is -0.491. The summed E-state index contributed by atoms with van der Waals surface area (Å²) >= 11 is 3.41. The van der Waals surface area contributed by atoms with Crippen molar-refractivity contribution >= 4 is 42.6 Å². The van der Waals surface area contributed by atoms with Crippen LogP contribution in [0.3, 0.4) is 0 Å². The van der Waals surface area contributed by atoms with Gasteiger partial charge in [-0.25, -0.2) is 13.1 Å². The largest absolute Gasteiger partial charge is 0.493 e. The van der Waals surface area contributed by atoms with Crippen LogP contribution in [-0.2, 0) is 14.8 Å². The molecule has 1 N–H and O–H groups in total. The van der Waals surface area contributed by atoms with Gasteiger partial charge in [0.15, 0.2) is 11.5 Å². The van der Waals surface area contributed by atoms with Gasteiger partial charge < -0.3 is 9.47 Å². The molecular formula is C20H16BrNO5S. The molecule has 4 rings (SSSR count). The number of methoxy groups -OCH3 is 1. The molecule has 1 aliphatic rings. The Labute approximate surface area is 170 Å². The number of nitrogens with one attached hydrogen (secondary N) is 1. The van der Waals surface area contributed by atoms with Crippen LogP contribution in [0.4, 0.5) is 0 Å². The standard InChI is InChI=1S/C20H16BrNO5S/c1-26-16-10-9-15(21)18-14(11-27-19(16)18)20(23)22-28(24,25)17-8-4-6-12-5-2-3-7-13(12)17/h2-10,14H,11H2,1H3,(H,22,23). The smallest absolute Gasteiger partial charge is 0.264 e. The minimum absolute atomic E-state index is 0.0329. The predicted molar refractivity (Wildman–Crippen MR) is 108 cm³/mol. The number of ether oxygens (including phenoxy) is 2. The van der Waals surface area contributed by atoms with Crippen LogP contribution in [0.15, 0.2) is 64.0 Å². The second-order valence-corrected chi connectivity index (χ2v) is 8.81. The lowest BCUT2D eigenvalue weighted by atomic mass is 10.0. The van der Waals surface area contributed by atoms with Crippen LogP contribution in [-0.4, -0.2) is 28.0 Å². The molecule has 8 heteroatoms. The third-order valence-electron chi connectivity index (χ3n) is 4.66. The Morgan fingerprint density at radius 2 is 1.89 bits per heavy atom. The molecule has 1 heterocycles. The topological polar surface area (TPSA) is 81.7 Å². The number of rotatable bonds is 4. The van der Waals surface area contributed by atoms with Crippen molar-refractivity contribution in [2.75, 3.05) is 13.7 Å². The highest BCUT2D eigenvalue weighted by Crippen LogP contribution is 2.45. The van der Waals surface area contributed by atoms with Gasteiger partial charge in [0.1, 0.15) is 12.5 Å². The first-order valence-electron chi connectivity index (χ1n) is 8.46. The van der Waals surface area contributed by atoms with Gasteiger partial charge in [0.2, 0.25) is 5.91 Å². The Morgan fingerprint density at radius 1 is 1.14 bits per heavy atom. The maximum Gasteiger partial charge on any atom is 0.264 e. The van der Waals surface area contributed by atoms with E-state index in [1.54, 1.807) is 30.3 Å². The van der Waals surface area contributed by atoms with Gasteiger partial charge in [-0.05, 0) is 23.6 Å². The number of hydrogen-bond acceptors (Lipinski definition) is 5. The number of halogens is 1. The minimum atomic E-state index is -4.06. The Hall–Kier alpha value is -2.58. The van der Waals surface area contributed by atoms with Crippen LogP contribution < -0.4 is 14.2 Å². The molecule has 0 aliphatic carbocycles. The fraction of sp³-hybridized carbons (Fsp3) is 0.150. The molecule has 1 unspecified atom stereocenters. The SMILES string of the molecule is COc1ccc(Br)c2c1OCC2C(=O)NS(=O)(=O)c1cccc2ccccc12. The number of hydrogen-bond donors (Lipinski definition) is 1. The molecule has 1 atom stereocenters. The maximum absolute atomic E-state index is 12.9. The Bertz CT molecular complexity index is 1190. The fourth-order valence-electron chi connectivity index (χ4n) is 3.34. The van der Waals surface area contributed by atoms with Gasteiger partial charge in [0, 0.05) is 15.4 Å². The quantitative estimate of drug-likeness (QED) is 0.641. The van der Waals surface area contributed by atoms with E-state index >= 15 is 0 Å². The van der Waals surface area contributed by atoms with Crippen LogP contribution in [0, 0.1) is 0 Å². The van der Waals surface area contributed by atoms with Crippen LogP contribution in [0.1, 0.15) is 11.5 Å². The minimum Gasteiger partial charge on any atom is -0.493 e. The number of carbonyl (C=O) groups excluding carboxylic acids is 1. The normalized spacial score (nSPS) is 15.7. The molecule has 28 heavy (non-hydrogen) atoms. The first-order chi connectivity index (χ1) is 13.4. The molecular weight excluding hydrogens is 446 g/mol. The summed E-state index contributed by atoms with van der Waals surface area (Å²) in [6.07, 6.45) is 0. The average Bonchev–Trinajstić information content (AvgIpc) is 3.14. The molecule has 1 amide bonds. The summed E-state index contributed by atoms with van der Waals surface area (Å²) in [6.45, 7) is 0.0329. The van der Waals surface area contributed by atoms with Crippen molar-refractivity contribution in [3.63, 3.8) is 0 Å². The molecule has 0 radical (unpaired) electrons. The lowest BCUT2D eigenvalue weighted by molar-refractivity contribution is -0.121. The second kappa shape index (κ2) is 7.10. The summed E-state index contributed by atoms with van der Waals surface area (Å²) in [5, 5.41) is 1.33. The highest BCUT2D eigenvalue weighted by Gasteiger charge is 2.36. The molecule has 3 aromatic rings. The second-order valence-electron chi connectivity index (χ2n) is 6.30. The van der Waals surface area contributed by atoms with E-state index < -0.39 is 21.8 Å². The summed E-state index contributed by atoms with van der Waals surface area (Å²) in [7, 11) is -2.55. The van der Waals surface area contributed by atoms with E-state index in [-0.39, 0.29) is 11.5 Å². The molecule has 0 fully saturated rings. The number of fused-ring (bicyclic) bond motifs is 2. The molecule has 0 saturated carbocycles. The molecule has 1 aliphatic heterocycles. The van der Waals surface area contributed by atoms with Gasteiger partial charge in [-0.15, -0.1) is 0 Å². The zero-order valence-corrected chi connectivity index (χ0v) is 17.2. The molecule has 0 bridgehead atoms. The molecule has 0 spiro atoms. The van der Waals surface area contributed by atoms with E-state index in [4.69, 9.17) is 9.47 Å². The van der Waals surface area contributed by atoms with Gasteiger partial charge in [0.25, 0.3) is 10.0 Å².